The van der Waals surface area contributed by atoms with Crippen molar-refractivity contribution in [3.05, 3.63) is 67.8 Å². The number of nitrogens with zero attached hydrogens (tertiary/aromatic N) is 3. The molecule has 6 rings (SSSR count). The Labute approximate surface area is 341 Å². The number of ether oxygens (including phenoxy) is 6. The minimum absolute atomic E-state index is 0.0559. The van der Waals surface area contributed by atoms with Gasteiger partial charge >= 0.3 is 12.1 Å². The van der Waals surface area contributed by atoms with Gasteiger partial charge in [0.1, 0.15) is 37.9 Å². The highest BCUT2D eigenvalue weighted by molar-refractivity contribution is 5.93. The standard InChI is InChI=1S/C40H53N5O14/c1-22(2)35-38(47)42-36(23(3)4)39(48)58-20-24(5)26-16-31(54-7)33(18-29(26)44(50)51)56-14-9-10-15-57-34-19-30(45(52)53)27(17-32(34)55-8)25(6)21-59-40(49)43-13-11-12-28(43)37(46)41-35/h9-10,16-19,22-25,28,35-36H,11-15,20-21H2,1-8H3,(H,41,46)(H,42,47)/b10-9-/t24?,25?,28-,35-,36?/m0/s1. The lowest BCUT2D eigenvalue weighted by molar-refractivity contribution is -0.386. The van der Waals surface area contributed by atoms with Crippen LogP contribution < -0.4 is 29.6 Å². The van der Waals surface area contributed by atoms with E-state index in [1.54, 1.807) is 53.7 Å². The van der Waals surface area contributed by atoms with Gasteiger partial charge in [0.2, 0.25) is 11.8 Å². The molecule has 2 aromatic carbocycles. The lowest BCUT2D eigenvalue weighted by Crippen LogP contribution is -2.58. The van der Waals surface area contributed by atoms with Crippen LogP contribution in [0.3, 0.4) is 0 Å². The van der Waals surface area contributed by atoms with Crippen molar-refractivity contribution in [1.29, 1.82) is 0 Å². The van der Waals surface area contributed by atoms with Crippen molar-refractivity contribution in [2.75, 3.05) is 47.2 Å². The van der Waals surface area contributed by atoms with Gasteiger partial charge in [-0.3, -0.25) is 34.7 Å². The minimum Gasteiger partial charge on any atom is -0.493 e. The molecule has 3 unspecified atom stereocenters. The van der Waals surface area contributed by atoms with Crippen molar-refractivity contribution in [2.24, 2.45) is 11.8 Å². The highest BCUT2D eigenvalue weighted by Crippen LogP contribution is 2.40. The van der Waals surface area contributed by atoms with Gasteiger partial charge in [0.25, 0.3) is 11.4 Å². The minimum atomic E-state index is -1.14. The molecular formula is C40H53N5O14. The van der Waals surface area contributed by atoms with Gasteiger partial charge in [0.15, 0.2) is 23.0 Å². The summed E-state index contributed by atoms with van der Waals surface area (Å²) in [6, 6.07) is 2.09. The molecule has 1 fully saturated rings. The zero-order valence-corrected chi connectivity index (χ0v) is 34.5. The van der Waals surface area contributed by atoms with Gasteiger partial charge in [-0.15, -0.1) is 0 Å². The van der Waals surface area contributed by atoms with Crippen LogP contribution >= 0.6 is 0 Å². The first kappa shape index (κ1) is 45.6. The normalized spacial score (nSPS) is 23.2. The number of rotatable bonds is 6. The summed E-state index contributed by atoms with van der Waals surface area (Å²) in [5, 5.41) is 29.8. The Balaban J connectivity index is 1.69. The van der Waals surface area contributed by atoms with Gasteiger partial charge in [-0.25, -0.2) is 9.59 Å². The van der Waals surface area contributed by atoms with Crippen LogP contribution in [0, 0.1) is 32.1 Å². The molecule has 2 N–H and O–H groups in total. The Hall–Kier alpha value is -6.14. The molecule has 19 heteroatoms. The summed E-state index contributed by atoms with van der Waals surface area (Å²) in [4.78, 5) is 78.7. The van der Waals surface area contributed by atoms with E-state index in [0.717, 1.165) is 0 Å². The molecular weight excluding hydrogens is 774 g/mol. The van der Waals surface area contributed by atoms with E-state index in [0.29, 0.717) is 12.8 Å². The summed E-state index contributed by atoms with van der Waals surface area (Å²) in [7, 11) is 2.74. The molecule has 19 nitrogen and oxygen atoms in total. The van der Waals surface area contributed by atoms with E-state index in [1.165, 1.54) is 43.4 Å². The van der Waals surface area contributed by atoms with Crippen LogP contribution in [0.1, 0.15) is 77.3 Å². The summed E-state index contributed by atoms with van der Waals surface area (Å²) in [6.45, 7) is 9.64. The van der Waals surface area contributed by atoms with Gasteiger partial charge in [-0.2, -0.15) is 0 Å². The second-order valence-electron chi connectivity index (χ2n) is 15.1. The highest BCUT2D eigenvalue weighted by Gasteiger charge is 2.39. The first-order valence-electron chi connectivity index (χ1n) is 19.3. The fourth-order valence-electron chi connectivity index (χ4n) is 6.73. The molecule has 0 spiro atoms. The number of benzene rings is 2. The third-order valence-corrected chi connectivity index (χ3v) is 10.1. The molecule has 3 amide bonds. The van der Waals surface area contributed by atoms with Crippen molar-refractivity contribution in [2.45, 2.75) is 84.3 Å². The van der Waals surface area contributed by atoms with E-state index >= 15 is 0 Å². The fourth-order valence-corrected chi connectivity index (χ4v) is 6.73. The average Bonchev–Trinajstić information content (AvgIpc) is 3.70. The number of carbonyl (C=O) groups is 4. The van der Waals surface area contributed by atoms with Crippen LogP contribution in [0.15, 0.2) is 36.4 Å². The smallest absolute Gasteiger partial charge is 0.410 e. The summed E-state index contributed by atoms with van der Waals surface area (Å²) in [6.07, 6.45) is 3.12. The van der Waals surface area contributed by atoms with Crippen LogP contribution in [0.5, 0.6) is 23.0 Å². The molecule has 0 radical (unpaired) electrons. The first-order valence-corrected chi connectivity index (χ1v) is 19.3. The summed E-state index contributed by atoms with van der Waals surface area (Å²) in [5.41, 5.74) is -0.186. The number of nitro groups is 2. The molecule has 0 saturated carbocycles. The van der Waals surface area contributed by atoms with Gasteiger partial charge in [-0.1, -0.05) is 41.5 Å². The van der Waals surface area contributed by atoms with Gasteiger partial charge < -0.3 is 39.1 Å². The fraction of sp³-hybridized carbons (Fsp3) is 0.550. The monoisotopic (exact) mass is 827 g/mol. The van der Waals surface area contributed by atoms with E-state index in [2.05, 4.69) is 10.6 Å². The predicted octanol–water partition coefficient (Wildman–Crippen LogP) is 5.18. The maximum absolute atomic E-state index is 13.7. The van der Waals surface area contributed by atoms with E-state index in [4.69, 9.17) is 28.4 Å². The second-order valence-corrected chi connectivity index (χ2v) is 15.1. The Bertz CT molecular complexity index is 1920. The average molecular weight is 828 g/mol. The maximum atomic E-state index is 13.7. The van der Waals surface area contributed by atoms with Gasteiger partial charge in [0, 0.05) is 29.5 Å². The Morgan fingerprint density at radius 1 is 0.712 bits per heavy atom. The number of methoxy groups -OCH3 is 2. The number of fused-ring (bicyclic) bond motifs is 2. The number of nitro benzene ring substituents is 2. The van der Waals surface area contributed by atoms with Crippen LogP contribution in [-0.4, -0.2) is 104 Å². The third kappa shape index (κ3) is 11.3. The third-order valence-electron chi connectivity index (χ3n) is 10.1. The van der Waals surface area contributed by atoms with Crippen molar-refractivity contribution in [3.63, 3.8) is 0 Å². The zero-order chi connectivity index (χ0) is 43.6. The molecule has 322 valence electrons. The van der Waals surface area contributed by atoms with Gasteiger partial charge in [0.05, 0.1) is 42.8 Å². The molecule has 59 heavy (non-hydrogen) atoms. The molecule has 4 aliphatic heterocycles. The Morgan fingerprint density at radius 3 is 1.64 bits per heavy atom. The summed E-state index contributed by atoms with van der Waals surface area (Å²) in [5.74, 6) is -3.79. The predicted molar refractivity (Wildman–Crippen MR) is 212 cm³/mol. The number of nitrogens with one attached hydrogen (secondary N) is 2. The van der Waals surface area contributed by atoms with Gasteiger partial charge in [-0.05, 0) is 49.0 Å². The Kier molecular flexibility index (Phi) is 15.8. The molecule has 1 saturated heterocycles. The topological polar surface area (TPSA) is 237 Å². The number of hydrogen-bond acceptors (Lipinski definition) is 14. The van der Waals surface area contributed by atoms with Crippen molar-refractivity contribution in [3.8, 4) is 23.0 Å². The SMILES string of the molecule is COc1cc2c([N+](=O)[O-])cc1OC/C=C\COc1cc([N+](=O)[O-])c(cc1OC)C(C)COC(=O)N1CCC[C@H]1C(=O)N[C@@H](C(C)C)C(=O)NC(C(C)C)C(=O)OCC2C. The van der Waals surface area contributed by atoms with Crippen LogP contribution in [0.4, 0.5) is 16.2 Å². The lowest BCUT2D eigenvalue weighted by Gasteiger charge is -2.29. The van der Waals surface area contributed by atoms with Crippen LogP contribution in [-0.2, 0) is 23.9 Å². The molecule has 0 aliphatic carbocycles. The zero-order valence-electron chi connectivity index (χ0n) is 34.5. The van der Waals surface area contributed by atoms with Crippen molar-refractivity contribution in [1.82, 2.24) is 15.5 Å². The number of esters is 1. The number of carbonyl (C=O) groups excluding carboxylic acids is 4. The highest BCUT2D eigenvalue weighted by atomic mass is 16.6. The van der Waals surface area contributed by atoms with E-state index in [9.17, 15) is 39.4 Å². The van der Waals surface area contributed by atoms with E-state index in [-0.39, 0.29) is 78.5 Å². The second kappa shape index (κ2) is 20.5. The van der Waals surface area contributed by atoms with E-state index < -0.39 is 75.5 Å². The number of amides is 3. The molecule has 5 atom stereocenters. The Morgan fingerprint density at radius 2 is 1.19 bits per heavy atom. The molecule has 4 heterocycles. The van der Waals surface area contributed by atoms with Crippen LogP contribution in [0.25, 0.3) is 0 Å². The summed E-state index contributed by atoms with van der Waals surface area (Å²) >= 11 is 0. The lowest BCUT2D eigenvalue weighted by atomic mass is 9.98. The largest absolute Gasteiger partial charge is 0.493 e. The van der Waals surface area contributed by atoms with E-state index in [1.807, 2.05) is 0 Å². The molecule has 4 bridgehead atoms. The summed E-state index contributed by atoms with van der Waals surface area (Å²) < 4.78 is 33.7. The molecule has 4 aliphatic rings. The van der Waals surface area contributed by atoms with Crippen molar-refractivity contribution >= 4 is 35.3 Å². The first-order chi connectivity index (χ1) is 28.0. The maximum Gasteiger partial charge on any atom is 0.410 e. The molecule has 0 aromatic heterocycles. The molecule has 2 aromatic rings. The van der Waals surface area contributed by atoms with Crippen molar-refractivity contribution < 1.29 is 57.4 Å². The quantitative estimate of drug-likeness (QED) is 0.165. The number of hydrogen-bond donors (Lipinski definition) is 2. The van der Waals surface area contributed by atoms with Crippen LogP contribution in [0.2, 0.25) is 0 Å².